The van der Waals surface area contributed by atoms with E-state index in [2.05, 4.69) is 26.0 Å². The number of carboxylic acid groups (broad SMARTS) is 1. The zero-order valence-electron chi connectivity index (χ0n) is 25.0. The monoisotopic (exact) mass is 629 g/mol. The number of carbonyl (C=O) groups is 1. The summed E-state index contributed by atoms with van der Waals surface area (Å²) < 4.78 is 51.5. The molecule has 10 heteroatoms. The normalized spacial score (nSPS) is 21.0. The largest absolute Gasteiger partial charge is 0.497 e. The molecule has 0 aromatic heterocycles. The lowest BCUT2D eigenvalue weighted by molar-refractivity contribution is -0.134. The lowest BCUT2D eigenvalue weighted by Gasteiger charge is -2.53. The number of rotatable bonds is 12. The summed E-state index contributed by atoms with van der Waals surface area (Å²) in [4.78, 5) is 12.0. The van der Waals surface area contributed by atoms with Gasteiger partial charge in [0.15, 0.2) is 0 Å². The molecule has 43 heavy (non-hydrogen) atoms. The first-order valence-corrected chi connectivity index (χ1v) is 17.0. The summed E-state index contributed by atoms with van der Waals surface area (Å²) >= 11 is 1.36. The van der Waals surface area contributed by atoms with Crippen molar-refractivity contribution in [2.45, 2.75) is 73.7 Å². The van der Waals surface area contributed by atoms with E-state index in [0.29, 0.717) is 34.6 Å². The number of thioether (sulfide) groups is 1. The Hall–Kier alpha value is -3.02. The summed E-state index contributed by atoms with van der Waals surface area (Å²) in [7, 11) is -2.04. The molecule has 0 saturated heterocycles. The van der Waals surface area contributed by atoms with Crippen LogP contribution in [0.5, 0.6) is 11.5 Å². The molecule has 0 saturated carbocycles. The quantitative estimate of drug-likeness (QED) is 0.104. The van der Waals surface area contributed by atoms with Crippen LogP contribution >= 0.6 is 22.5 Å². The molecule has 0 bridgehead atoms. The summed E-state index contributed by atoms with van der Waals surface area (Å²) in [6.45, 7) is 4.51. The minimum absolute atomic E-state index is 0.149. The van der Waals surface area contributed by atoms with Gasteiger partial charge in [0, 0.05) is 24.1 Å². The van der Waals surface area contributed by atoms with Crippen LogP contribution in [0.15, 0.2) is 88.6 Å². The maximum Gasteiger partial charge on any atom is 0.368 e. The third-order valence-electron chi connectivity index (χ3n) is 8.22. The molecular formula is C33H40FNO6S2. The van der Waals surface area contributed by atoms with Crippen LogP contribution in [0.4, 0.5) is 4.39 Å². The molecule has 2 unspecified atom stereocenters. The minimum atomic E-state index is -3.64. The molecule has 3 aromatic rings. The summed E-state index contributed by atoms with van der Waals surface area (Å²) in [5.74, 6) is -2.52. The van der Waals surface area contributed by atoms with E-state index in [1.165, 1.54) is 11.8 Å². The van der Waals surface area contributed by atoms with Crippen LogP contribution in [-0.4, -0.2) is 43.4 Å². The zero-order valence-corrected chi connectivity index (χ0v) is 26.6. The van der Waals surface area contributed by atoms with Crippen molar-refractivity contribution in [2.24, 2.45) is 0 Å². The highest BCUT2D eigenvalue weighted by atomic mass is 32.3. The lowest BCUT2D eigenvalue weighted by Crippen LogP contribution is -2.48. The molecule has 0 amide bonds. The van der Waals surface area contributed by atoms with Gasteiger partial charge in [-0.3, -0.25) is 9.11 Å². The minimum Gasteiger partial charge on any atom is -0.497 e. The van der Waals surface area contributed by atoms with Gasteiger partial charge >= 0.3 is 5.97 Å². The molecule has 232 valence electrons. The Bertz CT molecular complexity index is 1430. The van der Waals surface area contributed by atoms with Gasteiger partial charge in [0.05, 0.1) is 16.9 Å². The van der Waals surface area contributed by atoms with Gasteiger partial charge in [-0.25, -0.2) is 4.79 Å². The van der Waals surface area contributed by atoms with Crippen LogP contribution in [0.25, 0.3) is 0 Å². The number of nitrogens with zero attached hydrogens (tertiary/aromatic N) is 1. The van der Waals surface area contributed by atoms with Crippen molar-refractivity contribution >= 4 is 28.5 Å². The average molecular weight is 630 g/mol. The fourth-order valence-corrected chi connectivity index (χ4v) is 8.57. The van der Waals surface area contributed by atoms with E-state index in [1.807, 2.05) is 59.1 Å². The summed E-state index contributed by atoms with van der Waals surface area (Å²) in [6.07, 6.45) is 6.32. The Morgan fingerprint density at radius 3 is 2.42 bits per heavy atom. The number of benzene rings is 3. The number of halogens is 1. The van der Waals surface area contributed by atoms with Crippen LogP contribution < -0.4 is 9.47 Å². The van der Waals surface area contributed by atoms with Crippen LogP contribution in [0.3, 0.4) is 0 Å². The first kappa shape index (κ1) is 32.9. The van der Waals surface area contributed by atoms with E-state index in [0.717, 1.165) is 36.0 Å². The van der Waals surface area contributed by atoms with Crippen LogP contribution in [0.2, 0.25) is 0 Å². The Balaban J connectivity index is 1.98. The molecule has 1 aliphatic heterocycles. The van der Waals surface area contributed by atoms with E-state index in [-0.39, 0.29) is 18.2 Å². The van der Waals surface area contributed by atoms with Gasteiger partial charge in [-0.2, -0.15) is 8.70 Å². The fraction of sp³-hybridized carbons (Fsp3) is 0.364. The first-order valence-electron chi connectivity index (χ1n) is 14.3. The van der Waals surface area contributed by atoms with E-state index in [9.17, 15) is 18.3 Å². The number of hydrogen-bond donors (Lipinski definition) is 3. The van der Waals surface area contributed by atoms with E-state index in [4.69, 9.17) is 14.6 Å². The third-order valence-corrected chi connectivity index (χ3v) is 11.1. The maximum absolute atomic E-state index is 13.9. The van der Waals surface area contributed by atoms with Gasteiger partial charge in [0.25, 0.3) is 0 Å². The molecule has 0 aliphatic carbocycles. The van der Waals surface area contributed by atoms with Crippen molar-refractivity contribution < 1.29 is 32.9 Å². The maximum atomic E-state index is 13.9. The van der Waals surface area contributed by atoms with Crippen LogP contribution in [0, 0.1) is 0 Å². The molecule has 7 nitrogen and oxygen atoms in total. The van der Waals surface area contributed by atoms with Crippen molar-refractivity contribution in [2.75, 3.05) is 13.4 Å². The summed E-state index contributed by atoms with van der Waals surface area (Å²) in [5, 5.41) is 9.00. The molecule has 1 aliphatic rings. The zero-order chi connectivity index (χ0) is 31.2. The van der Waals surface area contributed by atoms with Crippen LogP contribution in [0.1, 0.15) is 68.6 Å². The second kappa shape index (κ2) is 14.2. The number of hydrogen-bond acceptors (Lipinski definition) is 7. The Morgan fingerprint density at radius 1 is 1.14 bits per heavy atom. The fourth-order valence-electron chi connectivity index (χ4n) is 5.83. The molecule has 0 radical (unpaired) electrons. The van der Waals surface area contributed by atoms with Crippen molar-refractivity contribution in [1.29, 1.82) is 0 Å². The highest BCUT2D eigenvalue weighted by Gasteiger charge is 2.49. The van der Waals surface area contributed by atoms with Gasteiger partial charge in [-0.05, 0) is 60.4 Å². The number of fused-ring (bicyclic) bond motifs is 1. The third kappa shape index (κ3) is 7.05. The summed E-state index contributed by atoms with van der Waals surface area (Å²) in [5.41, 5.74) is 2.14. The Kier molecular flexibility index (Phi) is 10.8. The number of unbranched alkanes of at least 4 members (excludes halogenated alkanes) is 1. The molecule has 0 fully saturated rings. The van der Waals surface area contributed by atoms with Gasteiger partial charge < -0.3 is 14.6 Å². The topological polar surface area (TPSA) is 99.5 Å². The Labute approximate surface area is 259 Å². The lowest BCUT2D eigenvalue weighted by atomic mass is 9.76. The highest BCUT2D eigenvalue weighted by Crippen LogP contribution is 2.64. The van der Waals surface area contributed by atoms with Crippen molar-refractivity contribution in [1.82, 2.24) is 4.31 Å². The second-order valence-corrected chi connectivity index (χ2v) is 13.4. The predicted molar refractivity (Wildman–Crippen MR) is 171 cm³/mol. The standard InChI is InChI=1S/C33H40FNO6S2/c1-5-7-17-33(6-2)20-27(24-11-9-8-10-12-24)26-18-30(42-4)29(41-22-28(34)32(36)37)19-31(26)43(38,39)35(33)21-23-13-15-25(40-3)16-14-23/h8-16,18-19,22,27,38-39H,5-7,17,20-21H2,1-4H3,(H,36,37)/b28-22-. The van der Waals surface area contributed by atoms with E-state index < -0.39 is 28.1 Å². The second-order valence-electron chi connectivity index (χ2n) is 10.7. The van der Waals surface area contributed by atoms with E-state index >= 15 is 0 Å². The smallest absolute Gasteiger partial charge is 0.368 e. The first-order chi connectivity index (χ1) is 20.6. The number of aliphatic carboxylic acids is 1. The number of methoxy groups -OCH3 is 1. The van der Waals surface area contributed by atoms with Gasteiger partial charge in [-0.1, -0.05) is 69.2 Å². The SMILES string of the molecule is CCCCC1(CC)CC(c2ccccc2)c2cc(SC)c(O/C=C(\F)C(=O)O)cc2S(O)(O)N1Cc1ccc(OC)cc1. The molecule has 3 N–H and O–H groups in total. The van der Waals surface area contributed by atoms with E-state index in [1.54, 1.807) is 13.2 Å². The molecular weight excluding hydrogens is 589 g/mol. The highest BCUT2D eigenvalue weighted by molar-refractivity contribution is 8.22. The van der Waals surface area contributed by atoms with Crippen molar-refractivity contribution in [3.05, 3.63) is 95.5 Å². The number of carboxylic acids is 1. The van der Waals surface area contributed by atoms with Gasteiger partial charge in [-0.15, -0.1) is 22.5 Å². The molecule has 2 atom stereocenters. The van der Waals surface area contributed by atoms with Gasteiger partial charge in [0.2, 0.25) is 5.83 Å². The van der Waals surface area contributed by atoms with Crippen molar-refractivity contribution in [3.8, 4) is 11.5 Å². The van der Waals surface area contributed by atoms with Crippen LogP contribution in [-0.2, 0) is 11.3 Å². The number of ether oxygens (including phenoxy) is 2. The molecule has 0 spiro atoms. The molecule has 4 rings (SSSR count). The Morgan fingerprint density at radius 2 is 1.84 bits per heavy atom. The average Bonchev–Trinajstić information content (AvgIpc) is 3.10. The van der Waals surface area contributed by atoms with Gasteiger partial charge in [0.1, 0.15) is 17.8 Å². The molecule has 1 heterocycles. The summed E-state index contributed by atoms with van der Waals surface area (Å²) in [6, 6.07) is 21.1. The van der Waals surface area contributed by atoms with Crippen molar-refractivity contribution in [3.63, 3.8) is 0 Å². The predicted octanol–water partition coefficient (Wildman–Crippen LogP) is 9.09. The molecule has 3 aromatic carbocycles.